The number of nitrogens with zero attached hydrogens (tertiary/aromatic N) is 2. The minimum atomic E-state index is -4.49. The van der Waals surface area contributed by atoms with Gasteiger partial charge in [-0.1, -0.05) is 89.3 Å². The van der Waals surface area contributed by atoms with Crippen LogP contribution in [0.15, 0.2) is 100 Å². The van der Waals surface area contributed by atoms with E-state index < -0.39 is 28.5 Å². The van der Waals surface area contributed by atoms with Crippen molar-refractivity contribution in [2.24, 2.45) is 0 Å². The van der Waals surface area contributed by atoms with E-state index in [0.29, 0.717) is 5.75 Å². The third-order valence-electron chi connectivity index (χ3n) is 9.10. The third-order valence-corrected chi connectivity index (χ3v) is 11.6. The molecule has 10 nitrogen and oxygen atoms in total. The Labute approximate surface area is 319 Å². The van der Waals surface area contributed by atoms with Gasteiger partial charge in [0, 0.05) is 34.6 Å². The number of methoxy groups -OCH3 is 3. The van der Waals surface area contributed by atoms with Crippen LogP contribution in [0.2, 0.25) is 5.02 Å². The third kappa shape index (κ3) is 9.58. The molecular weight excluding hydrogens is 770 g/mol. The summed E-state index contributed by atoms with van der Waals surface area (Å²) in [6.45, 7) is -0.645. The summed E-state index contributed by atoms with van der Waals surface area (Å²) in [5.41, 5.74) is 1.65. The maximum Gasteiger partial charge on any atom is 0.265 e. The topological polar surface area (TPSA) is 114 Å². The van der Waals surface area contributed by atoms with Crippen LogP contribution in [0, 0.1) is 0 Å². The molecule has 0 heterocycles. The smallest absolute Gasteiger partial charge is 0.265 e. The number of hydrogen-bond donors (Lipinski definition) is 1. The second-order valence-electron chi connectivity index (χ2n) is 12.5. The minimum absolute atomic E-state index is 0.0139. The Bertz CT molecular complexity index is 1960. The number of halogens is 2. The number of rotatable bonds is 15. The predicted molar refractivity (Wildman–Crippen MR) is 206 cm³/mol. The largest absolute Gasteiger partial charge is 0.495 e. The van der Waals surface area contributed by atoms with E-state index in [1.165, 1.54) is 56.6 Å². The number of anilines is 1. The molecule has 1 unspecified atom stereocenters. The summed E-state index contributed by atoms with van der Waals surface area (Å²) >= 11 is 9.96. The molecule has 1 fully saturated rings. The molecule has 1 saturated carbocycles. The van der Waals surface area contributed by atoms with Crippen LogP contribution in [0.5, 0.6) is 17.2 Å². The van der Waals surface area contributed by atoms with Crippen molar-refractivity contribution >= 4 is 55.1 Å². The summed E-state index contributed by atoms with van der Waals surface area (Å²) in [4.78, 5) is 30.6. The monoisotopic (exact) mass is 811 g/mol. The molecule has 2 amide bonds. The second kappa shape index (κ2) is 18.0. The normalized spacial score (nSPS) is 13.9. The van der Waals surface area contributed by atoms with Crippen molar-refractivity contribution in [2.45, 2.75) is 62.0 Å². The van der Waals surface area contributed by atoms with Gasteiger partial charge in [0.2, 0.25) is 11.8 Å². The van der Waals surface area contributed by atoms with Crippen molar-refractivity contribution in [2.75, 3.05) is 32.2 Å². The Hall–Kier alpha value is -4.26. The Balaban J connectivity index is 1.62. The van der Waals surface area contributed by atoms with Gasteiger partial charge in [-0.15, -0.1) is 0 Å². The Kier molecular flexibility index (Phi) is 13.5. The average molecular weight is 813 g/mol. The fourth-order valence-electron chi connectivity index (χ4n) is 6.41. The first-order valence-corrected chi connectivity index (χ1v) is 19.6. The van der Waals surface area contributed by atoms with Crippen LogP contribution >= 0.6 is 27.5 Å². The van der Waals surface area contributed by atoms with Crippen LogP contribution in [0.4, 0.5) is 5.69 Å². The lowest BCUT2D eigenvalue weighted by atomic mass is 9.94. The molecule has 0 bridgehead atoms. The molecule has 276 valence electrons. The van der Waals surface area contributed by atoms with E-state index in [1.54, 1.807) is 6.07 Å². The first-order valence-electron chi connectivity index (χ1n) is 17.0. The zero-order valence-corrected chi connectivity index (χ0v) is 32.5. The molecule has 0 spiro atoms. The molecule has 1 atom stereocenters. The van der Waals surface area contributed by atoms with Gasteiger partial charge in [-0.05, 0) is 66.4 Å². The lowest BCUT2D eigenvalue weighted by Crippen LogP contribution is -2.55. The lowest BCUT2D eigenvalue weighted by Gasteiger charge is -2.35. The van der Waals surface area contributed by atoms with Crippen LogP contribution in [-0.2, 0) is 32.6 Å². The van der Waals surface area contributed by atoms with Gasteiger partial charge in [0.25, 0.3) is 10.0 Å². The number of hydrogen-bond acceptors (Lipinski definition) is 7. The average Bonchev–Trinajstić information content (AvgIpc) is 3.15. The SMILES string of the molecule is COc1ccc(S(=O)(=O)N(CC(=O)N(Cc2cccc(Br)c2)C(Cc2ccccc2)C(=O)NC2CCCCC2)c2cc(Cl)ccc2OC)cc1OC. The van der Waals surface area contributed by atoms with Gasteiger partial charge in [0.15, 0.2) is 11.5 Å². The van der Waals surface area contributed by atoms with Gasteiger partial charge in [0.1, 0.15) is 18.3 Å². The molecule has 5 rings (SSSR count). The van der Waals surface area contributed by atoms with Gasteiger partial charge < -0.3 is 24.4 Å². The number of sulfonamides is 1. The van der Waals surface area contributed by atoms with Gasteiger partial charge in [-0.2, -0.15) is 0 Å². The Morgan fingerprint density at radius 1 is 0.827 bits per heavy atom. The van der Waals surface area contributed by atoms with Crippen LogP contribution in [0.3, 0.4) is 0 Å². The molecule has 1 aliphatic rings. The molecule has 0 saturated heterocycles. The van der Waals surface area contributed by atoms with Crippen LogP contribution < -0.4 is 23.8 Å². The molecule has 0 radical (unpaired) electrons. The van der Waals surface area contributed by atoms with Crippen LogP contribution in [-0.4, -0.2) is 65.1 Å². The number of benzene rings is 4. The summed E-state index contributed by atoms with van der Waals surface area (Å²) in [6.07, 6.45) is 5.07. The summed E-state index contributed by atoms with van der Waals surface area (Å²) in [5.74, 6) is -0.209. The molecule has 4 aromatic rings. The van der Waals surface area contributed by atoms with Gasteiger partial charge >= 0.3 is 0 Å². The molecule has 1 aliphatic carbocycles. The maximum atomic E-state index is 14.9. The Morgan fingerprint density at radius 3 is 2.17 bits per heavy atom. The number of carbonyl (C=O) groups is 2. The molecule has 4 aromatic carbocycles. The van der Waals surface area contributed by atoms with Crippen molar-refractivity contribution in [1.29, 1.82) is 0 Å². The lowest BCUT2D eigenvalue weighted by molar-refractivity contribution is -0.140. The van der Waals surface area contributed by atoms with Crippen LogP contribution in [0.1, 0.15) is 43.2 Å². The number of carbonyl (C=O) groups excluding carboxylic acids is 2. The van der Waals surface area contributed by atoms with E-state index in [2.05, 4.69) is 21.2 Å². The van der Waals surface area contributed by atoms with E-state index in [0.717, 1.165) is 52.0 Å². The minimum Gasteiger partial charge on any atom is -0.495 e. The standard InChI is InChI=1S/C39H43BrClN3O7S/c1-49-35-19-17-30(41)23-33(35)44(52(47,48)32-18-20-36(50-2)37(24-32)51-3)26-38(45)43(25-28-13-10-14-29(40)21-28)34(22-27-11-6-4-7-12-27)39(46)42-31-15-8-5-9-16-31/h4,6-7,10-14,17-21,23-24,31,34H,5,8-9,15-16,22,25-26H2,1-3H3,(H,42,46). The molecular formula is C39H43BrClN3O7S. The maximum absolute atomic E-state index is 14.9. The van der Waals surface area contributed by atoms with E-state index in [-0.39, 0.29) is 52.0 Å². The van der Waals surface area contributed by atoms with Crippen molar-refractivity contribution < 1.29 is 32.2 Å². The first kappa shape index (κ1) is 39.0. The van der Waals surface area contributed by atoms with E-state index in [9.17, 15) is 18.0 Å². The molecule has 52 heavy (non-hydrogen) atoms. The fourth-order valence-corrected chi connectivity index (χ4v) is 8.45. The van der Waals surface area contributed by atoms with E-state index in [4.69, 9.17) is 25.8 Å². The predicted octanol–water partition coefficient (Wildman–Crippen LogP) is 7.41. The summed E-state index contributed by atoms with van der Waals surface area (Å²) in [6, 6.07) is 24.7. The molecule has 0 aromatic heterocycles. The second-order valence-corrected chi connectivity index (χ2v) is 15.8. The van der Waals surface area contributed by atoms with Crippen molar-refractivity contribution in [1.82, 2.24) is 10.2 Å². The highest BCUT2D eigenvalue weighted by Gasteiger charge is 2.36. The van der Waals surface area contributed by atoms with E-state index in [1.807, 2.05) is 54.6 Å². The highest BCUT2D eigenvalue weighted by atomic mass is 79.9. The first-order chi connectivity index (χ1) is 25.0. The fraction of sp³-hybridized carbons (Fsp3) is 0.333. The van der Waals surface area contributed by atoms with E-state index >= 15 is 0 Å². The summed E-state index contributed by atoms with van der Waals surface area (Å²) in [5, 5.41) is 3.46. The molecule has 1 N–H and O–H groups in total. The van der Waals surface area contributed by atoms with Crippen molar-refractivity contribution in [3.05, 3.63) is 112 Å². The zero-order valence-electron chi connectivity index (χ0n) is 29.4. The number of amides is 2. The highest BCUT2D eigenvalue weighted by molar-refractivity contribution is 9.10. The van der Waals surface area contributed by atoms with Gasteiger partial charge in [-0.3, -0.25) is 13.9 Å². The quantitative estimate of drug-likeness (QED) is 0.133. The van der Waals surface area contributed by atoms with Crippen LogP contribution in [0.25, 0.3) is 0 Å². The molecule has 0 aliphatic heterocycles. The van der Waals surface area contributed by atoms with Gasteiger partial charge in [0.05, 0.1) is 31.9 Å². The zero-order chi connectivity index (χ0) is 37.3. The summed E-state index contributed by atoms with van der Waals surface area (Å²) < 4.78 is 47.5. The highest BCUT2D eigenvalue weighted by Crippen LogP contribution is 2.37. The summed E-state index contributed by atoms with van der Waals surface area (Å²) in [7, 11) is -0.238. The number of nitrogens with one attached hydrogen (secondary N) is 1. The molecule has 13 heteroatoms. The van der Waals surface area contributed by atoms with Crippen molar-refractivity contribution in [3.63, 3.8) is 0 Å². The van der Waals surface area contributed by atoms with Gasteiger partial charge in [-0.25, -0.2) is 8.42 Å². The Morgan fingerprint density at radius 2 is 1.50 bits per heavy atom. The van der Waals surface area contributed by atoms with Crippen molar-refractivity contribution in [3.8, 4) is 17.2 Å². The number of ether oxygens (including phenoxy) is 3.